The molecule has 1 aliphatic rings. The van der Waals surface area contributed by atoms with Gasteiger partial charge in [0.2, 0.25) is 5.91 Å². The highest BCUT2D eigenvalue weighted by Gasteiger charge is 2.22. The summed E-state index contributed by atoms with van der Waals surface area (Å²) in [5, 5.41) is 6.08. The molecule has 0 unspecified atom stereocenters. The Labute approximate surface area is 167 Å². The maximum Gasteiger partial charge on any atom is 0.337 e. The molecule has 1 heterocycles. The van der Waals surface area contributed by atoms with Crippen LogP contribution in [0.4, 0.5) is 0 Å². The van der Waals surface area contributed by atoms with Crippen LogP contribution in [0.25, 0.3) is 0 Å². The van der Waals surface area contributed by atoms with E-state index in [9.17, 15) is 9.59 Å². The van der Waals surface area contributed by atoms with Crippen LogP contribution in [0.15, 0.2) is 29.3 Å². The zero-order valence-corrected chi connectivity index (χ0v) is 17.2. The zero-order valence-electron chi connectivity index (χ0n) is 17.2. The van der Waals surface area contributed by atoms with E-state index >= 15 is 0 Å². The van der Waals surface area contributed by atoms with Crippen LogP contribution < -0.4 is 10.6 Å². The molecule has 7 nitrogen and oxygen atoms in total. The van der Waals surface area contributed by atoms with Crippen LogP contribution >= 0.6 is 0 Å². The lowest BCUT2D eigenvalue weighted by Gasteiger charge is -2.34. The number of ether oxygens (including phenoxy) is 1. The average molecular weight is 389 g/mol. The maximum absolute atomic E-state index is 11.6. The molecule has 0 radical (unpaired) electrons. The standard InChI is InChI=1S/C21H32N4O3/c1-4-23-21(25-13-10-17(11-14-25)15-19(26)22-2)24-12-9-16-5-7-18(8-6-16)20(27)28-3/h5-8,17H,4,9-15H2,1-3H3,(H,22,26)(H,23,24). The number of amides is 1. The number of guanidine groups is 1. The van der Waals surface area contributed by atoms with Gasteiger partial charge in [0.05, 0.1) is 12.7 Å². The molecular formula is C21H32N4O3. The number of hydrogen-bond donors (Lipinski definition) is 2. The average Bonchev–Trinajstić information content (AvgIpc) is 2.73. The minimum atomic E-state index is -0.321. The minimum absolute atomic E-state index is 0.122. The summed E-state index contributed by atoms with van der Waals surface area (Å²) in [4.78, 5) is 30.1. The molecule has 1 amide bonds. The first kappa shape index (κ1) is 21.7. The van der Waals surface area contributed by atoms with Crippen LogP contribution in [0.1, 0.15) is 42.1 Å². The number of rotatable bonds is 7. The van der Waals surface area contributed by atoms with Crippen molar-refractivity contribution in [3.8, 4) is 0 Å². The molecule has 28 heavy (non-hydrogen) atoms. The van der Waals surface area contributed by atoms with Crippen LogP contribution in [0.3, 0.4) is 0 Å². The maximum atomic E-state index is 11.6. The number of nitrogens with one attached hydrogen (secondary N) is 2. The van der Waals surface area contributed by atoms with Crippen LogP contribution in [-0.4, -0.2) is 63.1 Å². The smallest absolute Gasteiger partial charge is 0.337 e. The quantitative estimate of drug-likeness (QED) is 0.423. The van der Waals surface area contributed by atoms with E-state index < -0.39 is 0 Å². The van der Waals surface area contributed by atoms with Crippen molar-refractivity contribution in [2.75, 3.05) is 40.3 Å². The van der Waals surface area contributed by atoms with Gasteiger partial charge in [0.15, 0.2) is 5.96 Å². The van der Waals surface area contributed by atoms with Crippen molar-refractivity contribution >= 4 is 17.8 Å². The summed E-state index contributed by atoms with van der Waals surface area (Å²) < 4.78 is 4.72. The monoisotopic (exact) mass is 388 g/mol. The summed E-state index contributed by atoms with van der Waals surface area (Å²) in [5.74, 6) is 1.19. The summed E-state index contributed by atoms with van der Waals surface area (Å²) >= 11 is 0. The SMILES string of the molecule is CCNC(=NCCc1ccc(C(=O)OC)cc1)N1CCC(CC(=O)NC)CC1. The van der Waals surface area contributed by atoms with Crippen molar-refractivity contribution in [3.63, 3.8) is 0 Å². The van der Waals surface area contributed by atoms with Gasteiger partial charge in [-0.15, -0.1) is 0 Å². The molecular weight excluding hydrogens is 356 g/mol. The van der Waals surface area contributed by atoms with E-state index in [1.807, 2.05) is 12.1 Å². The second-order valence-corrected chi connectivity index (χ2v) is 6.98. The van der Waals surface area contributed by atoms with Gasteiger partial charge in [0.25, 0.3) is 0 Å². The highest BCUT2D eigenvalue weighted by Crippen LogP contribution is 2.20. The number of hydrogen-bond acceptors (Lipinski definition) is 4. The van der Waals surface area contributed by atoms with Crippen molar-refractivity contribution in [2.24, 2.45) is 10.9 Å². The summed E-state index contributed by atoms with van der Waals surface area (Å²) in [6.07, 6.45) is 3.43. The van der Waals surface area contributed by atoms with E-state index in [2.05, 4.69) is 22.5 Å². The Bertz CT molecular complexity index is 665. The third-order valence-electron chi connectivity index (χ3n) is 5.04. The molecule has 0 spiro atoms. The molecule has 0 saturated carbocycles. The fourth-order valence-electron chi connectivity index (χ4n) is 3.36. The first-order valence-corrected chi connectivity index (χ1v) is 9.98. The molecule has 1 aromatic rings. The molecule has 0 aromatic heterocycles. The van der Waals surface area contributed by atoms with Gasteiger partial charge in [-0.2, -0.15) is 0 Å². The molecule has 154 valence electrons. The van der Waals surface area contributed by atoms with Gasteiger partial charge in [-0.1, -0.05) is 12.1 Å². The number of aliphatic imine (C=N–C) groups is 1. The Morgan fingerprint density at radius 2 is 1.89 bits per heavy atom. The fraction of sp³-hybridized carbons (Fsp3) is 0.571. The van der Waals surface area contributed by atoms with Gasteiger partial charge < -0.3 is 20.3 Å². The van der Waals surface area contributed by atoms with Gasteiger partial charge in [0, 0.05) is 39.6 Å². The van der Waals surface area contributed by atoms with Crippen molar-refractivity contribution < 1.29 is 14.3 Å². The number of nitrogens with zero attached hydrogens (tertiary/aromatic N) is 2. The summed E-state index contributed by atoms with van der Waals surface area (Å²) in [5.41, 5.74) is 1.69. The molecule has 0 bridgehead atoms. The number of benzene rings is 1. The molecule has 0 aliphatic carbocycles. The fourth-order valence-corrected chi connectivity index (χ4v) is 3.36. The van der Waals surface area contributed by atoms with Crippen LogP contribution in [0.5, 0.6) is 0 Å². The van der Waals surface area contributed by atoms with Gasteiger partial charge in [-0.05, 0) is 49.8 Å². The van der Waals surface area contributed by atoms with Gasteiger partial charge in [-0.3, -0.25) is 9.79 Å². The second-order valence-electron chi connectivity index (χ2n) is 6.98. The van der Waals surface area contributed by atoms with Crippen LogP contribution in [0, 0.1) is 5.92 Å². The molecule has 0 atom stereocenters. The van der Waals surface area contributed by atoms with E-state index in [-0.39, 0.29) is 11.9 Å². The summed E-state index contributed by atoms with van der Waals surface area (Å²) in [6.45, 7) is 5.41. The van der Waals surface area contributed by atoms with Crippen LogP contribution in [0.2, 0.25) is 0 Å². The Balaban J connectivity index is 1.87. The van der Waals surface area contributed by atoms with Gasteiger partial charge in [0.1, 0.15) is 0 Å². The minimum Gasteiger partial charge on any atom is -0.465 e. The number of likely N-dealkylation sites (tertiary alicyclic amines) is 1. The predicted molar refractivity (Wildman–Crippen MR) is 110 cm³/mol. The van der Waals surface area contributed by atoms with E-state index in [1.165, 1.54) is 7.11 Å². The van der Waals surface area contributed by atoms with Crippen molar-refractivity contribution in [2.45, 2.75) is 32.6 Å². The summed E-state index contributed by atoms with van der Waals surface area (Å²) in [6, 6.07) is 7.46. The molecule has 1 saturated heterocycles. The number of carbonyl (C=O) groups excluding carboxylic acids is 2. The lowest BCUT2D eigenvalue weighted by Crippen LogP contribution is -2.46. The number of carbonyl (C=O) groups is 2. The normalized spacial score (nSPS) is 15.2. The van der Waals surface area contributed by atoms with E-state index in [0.717, 1.165) is 50.4 Å². The Morgan fingerprint density at radius 3 is 2.46 bits per heavy atom. The van der Waals surface area contributed by atoms with Crippen molar-refractivity contribution in [3.05, 3.63) is 35.4 Å². The molecule has 2 N–H and O–H groups in total. The Hall–Kier alpha value is -2.57. The van der Waals surface area contributed by atoms with E-state index in [0.29, 0.717) is 24.4 Å². The lowest BCUT2D eigenvalue weighted by atomic mass is 9.93. The molecule has 1 aliphatic heterocycles. The molecule has 1 fully saturated rings. The second kappa shape index (κ2) is 11.3. The lowest BCUT2D eigenvalue weighted by molar-refractivity contribution is -0.121. The zero-order chi connectivity index (χ0) is 20.4. The van der Waals surface area contributed by atoms with Crippen molar-refractivity contribution in [1.29, 1.82) is 0 Å². The predicted octanol–water partition coefficient (Wildman–Crippen LogP) is 1.83. The van der Waals surface area contributed by atoms with Crippen molar-refractivity contribution in [1.82, 2.24) is 15.5 Å². The largest absolute Gasteiger partial charge is 0.465 e. The first-order chi connectivity index (χ1) is 13.6. The number of piperidine rings is 1. The highest BCUT2D eigenvalue weighted by atomic mass is 16.5. The Kier molecular flexibility index (Phi) is 8.78. The van der Waals surface area contributed by atoms with E-state index in [4.69, 9.17) is 9.73 Å². The third-order valence-corrected chi connectivity index (χ3v) is 5.04. The third kappa shape index (κ3) is 6.55. The Morgan fingerprint density at radius 1 is 1.21 bits per heavy atom. The molecule has 7 heteroatoms. The van der Waals surface area contributed by atoms with Gasteiger partial charge >= 0.3 is 5.97 Å². The number of esters is 1. The number of methoxy groups -OCH3 is 1. The first-order valence-electron chi connectivity index (χ1n) is 9.98. The van der Waals surface area contributed by atoms with Crippen LogP contribution in [-0.2, 0) is 16.0 Å². The topological polar surface area (TPSA) is 83.0 Å². The molecule has 2 rings (SSSR count). The highest BCUT2D eigenvalue weighted by molar-refractivity contribution is 5.89. The molecule has 1 aromatic carbocycles. The van der Waals surface area contributed by atoms with Gasteiger partial charge in [-0.25, -0.2) is 4.79 Å². The van der Waals surface area contributed by atoms with E-state index in [1.54, 1.807) is 19.2 Å². The summed E-state index contributed by atoms with van der Waals surface area (Å²) in [7, 11) is 3.07.